The first kappa shape index (κ1) is 19.4. The van der Waals surface area contributed by atoms with E-state index in [4.69, 9.17) is 4.74 Å². The van der Waals surface area contributed by atoms with Crippen molar-refractivity contribution in [3.8, 4) is 23.0 Å². The summed E-state index contributed by atoms with van der Waals surface area (Å²) in [5.41, 5.74) is 3.36. The van der Waals surface area contributed by atoms with Crippen molar-refractivity contribution in [3.05, 3.63) is 54.7 Å². The number of amides is 1. The summed E-state index contributed by atoms with van der Waals surface area (Å²) in [6, 6.07) is 15.1. The molecule has 0 bridgehead atoms. The number of carbonyl (C=O) groups is 1. The molecule has 8 heteroatoms. The number of hydrogen-bond acceptors (Lipinski definition) is 6. The van der Waals surface area contributed by atoms with Gasteiger partial charge in [0, 0.05) is 45.0 Å². The molecule has 152 valence electrons. The summed E-state index contributed by atoms with van der Waals surface area (Å²) >= 11 is 0. The predicted octanol–water partition coefficient (Wildman–Crippen LogP) is 3.85. The summed E-state index contributed by atoms with van der Waals surface area (Å²) < 4.78 is 7.76. The zero-order valence-electron chi connectivity index (χ0n) is 17.2. The summed E-state index contributed by atoms with van der Waals surface area (Å²) in [4.78, 5) is 22.6. The molecule has 0 aliphatic rings. The van der Waals surface area contributed by atoms with Gasteiger partial charge >= 0.3 is 0 Å². The zero-order valence-corrected chi connectivity index (χ0v) is 17.2. The Bertz CT molecular complexity index is 1200. The molecule has 1 N–H and O–H groups in total. The number of fused-ring (bicyclic) bond motifs is 1. The lowest BCUT2D eigenvalue weighted by atomic mass is 10.2. The molecular weight excluding hydrogens is 380 g/mol. The number of ether oxygens (including phenoxy) is 1. The van der Waals surface area contributed by atoms with Crippen LogP contribution in [0.5, 0.6) is 11.6 Å². The summed E-state index contributed by atoms with van der Waals surface area (Å²) in [6.45, 7) is 1.47. The molecule has 1 amide bonds. The Hall–Kier alpha value is -3.94. The van der Waals surface area contributed by atoms with Gasteiger partial charge in [0.1, 0.15) is 11.1 Å². The maximum atomic E-state index is 11.2. The third kappa shape index (κ3) is 3.93. The molecule has 0 aliphatic heterocycles. The monoisotopic (exact) mass is 402 g/mol. The van der Waals surface area contributed by atoms with Gasteiger partial charge in [-0.15, -0.1) is 0 Å². The van der Waals surface area contributed by atoms with Crippen molar-refractivity contribution >= 4 is 28.3 Å². The summed E-state index contributed by atoms with van der Waals surface area (Å²) in [5.74, 6) is 1.46. The third-order valence-electron chi connectivity index (χ3n) is 4.59. The fourth-order valence-corrected chi connectivity index (χ4v) is 3.03. The van der Waals surface area contributed by atoms with Crippen LogP contribution in [0.3, 0.4) is 0 Å². The highest BCUT2D eigenvalue weighted by atomic mass is 16.5. The van der Waals surface area contributed by atoms with Crippen LogP contribution in [0.15, 0.2) is 54.7 Å². The Morgan fingerprint density at radius 2 is 1.73 bits per heavy atom. The molecule has 0 aliphatic carbocycles. The van der Waals surface area contributed by atoms with Crippen molar-refractivity contribution in [2.45, 2.75) is 6.92 Å². The summed E-state index contributed by atoms with van der Waals surface area (Å²) in [7, 11) is 5.83. The van der Waals surface area contributed by atoms with E-state index in [-0.39, 0.29) is 5.91 Å². The molecule has 0 saturated carbocycles. The maximum Gasteiger partial charge on any atom is 0.234 e. The minimum atomic E-state index is -0.124. The maximum absolute atomic E-state index is 11.2. The van der Waals surface area contributed by atoms with Gasteiger partial charge in [0.15, 0.2) is 11.5 Å². The van der Waals surface area contributed by atoms with Crippen LogP contribution in [-0.2, 0) is 11.8 Å². The number of rotatable bonds is 5. The van der Waals surface area contributed by atoms with E-state index in [1.54, 1.807) is 35.1 Å². The smallest absolute Gasteiger partial charge is 0.234 e. The number of carbonyl (C=O) groups excluding carboxylic acids is 1. The average Bonchev–Trinajstić information content (AvgIpc) is 3.10. The highest BCUT2D eigenvalue weighted by Crippen LogP contribution is 2.31. The highest BCUT2D eigenvalue weighted by Gasteiger charge is 2.15. The molecule has 0 spiro atoms. The van der Waals surface area contributed by atoms with E-state index in [0.29, 0.717) is 28.8 Å². The molecule has 0 saturated heterocycles. The number of aromatic nitrogens is 4. The van der Waals surface area contributed by atoms with Crippen LogP contribution in [0.4, 0.5) is 11.4 Å². The van der Waals surface area contributed by atoms with Gasteiger partial charge in [-0.25, -0.2) is 4.98 Å². The number of aryl methyl sites for hydroxylation is 1. The number of nitrogens with one attached hydrogen (secondary N) is 1. The van der Waals surface area contributed by atoms with Crippen molar-refractivity contribution in [1.29, 1.82) is 0 Å². The van der Waals surface area contributed by atoms with Gasteiger partial charge in [-0.2, -0.15) is 10.1 Å². The lowest BCUT2D eigenvalue weighted by molar-refractivity contribution is -0.114. The normalized spacial score (nSPS) is 10.8. The lowest BCUT2D eigenvalue weighted by Crippen LogP contribution is -2.08. The van der Waals surface area contributed by atoms with E-state index in [1.807, 2.05) is 50.3 Å². The predicted molar refractivity (Wildman–Crippen MR) is 117 cm³/mol. The number of anilines is 2. The van der Waals surface area contributed by atoms with Crippen LogP contribution < -0.4 is 15.0 Å². The van der Waals surface area contributed by atoms with Gasteiger partial charge in [0.05, 0.1) is 6.20 Å². The molecule has 4 aromatic rings. The standard InChI is InChI=1S/C22H22N6O2/c1-14(29)24-16-7-11-18(12-8-16)30-22-19-13-23-28(4)21(19)25-20(26-22)15-5-9-17(10-6-15)27(2)3/h5-13H,1-4H3,(H,24,29). The fourth-order valence-electron chi connectivity index (χ4n) is 3.03. The van der Waals surface area contributed by atoms with Crippen molar-refractivity contribution in [1.82, 2.24) is 19.7 Å². The second kappa shape index (κ2) is 7.82. The molecule has 2 aromatic heterocycles. The Morgan fingerprint density at radius 1 is 1.03 bits per heavy atom. The van der Waals surface area contributed by atoms with Crippen LogP contribution in [0, 0.1) is 0 Å². The average molecular weight is 402 g/mol. The van der Waals surface area contributed by atoms with Gasteiger partial charge in [0.2, 0.25) is 11.8 Å². The van der Waals surface area contributed by atoms with E-state index in [0.717, 1.165) is 16.6 Å². The van der Waals surface area contributed by atoms with E-state index < -0.39 is 0 Å². The largest absolute Gasteiger partial charge is 0.438 e. The first-order valence-corrected chi connectivity index (χ1v) is 9.44. The molecule has 0 fully saturated rings. The summed E-state index contributed by atoms with van der Waals surface area (Å²) in [5, 5.41) is 7.75. The molecule has 2 aromatic carbocycles. The SMILES string of the molecule is CC(=O)Nc1ccc(Oc2nc(-c3ccc(N(C)C)cc3)nc3c2cnn3C)cc1. The number of benzene rings is 2. The van der Waals surface area contributed by atoms with E-state index in [2.05, 4.69) is 20.4 Å². The van der Waals surface area contributed by atoms with Gasteiger partial charge in [-0.1, -0.05) is 0 Å². The Kier molecular flexibility index (Phi) is 5.05. The molecule has 0 atom stereocenters. The third-order valence-corrected chi connectivity index (χ3v) is 4.59. The zero-order chi connectivity index (χ0) is 21.3. The first-order valence-electron chi connectivity index (χ1n) is 9.44. The minimum absolute atomic E-state index is 0.124. The van der Waals surface area contributed by atoms with Crippen molar-refractivity contribution in [2.75, 3.05) is 24.3 Å². The summed E-state index contributed by atoms with van der Waals surface area (Å²) in [6.07, 6.45) is 1.69. The first-order chi connectivity index (χ1) is 14.4. The second-order valence-electron chi connectivity index (χ2n) is 7.11. The number of nitrogens with zero attached hydrogens (tertiary/aromatic N) is 5. The fraction of sp³-hybridized carbons (Fsp3) is 0.182. The number of hydrogen-bond donors (Lipinski definition) is 1. The highest BCUT2D eigenvalue weighted by molar-refractivity contribution is 5.88. The molecular formula is C22H22N6O2. The Morgan fingerprint density at radius 3 is 2.37 bits per heavy atom. The van der Waals surface area contributed by atoms with Crippen LogP contribution in [0.1, 0.15) is 6.92 Å². The van der Waals surface area contributed by atoms with Crippen molar-refractivity contribution in [3.63, 3.8) is 0 Å². The van der Waals surface area contributed by atoms with E-state index in [1.165, 1.54) is 6.92 Å². The van der Waals surface area contributed by atoms with Crippen LogP contribution in [0.25, 0.3) is 22.4 Å². The molecule has 30 heavy (non-hydrogen) atoms. The molecule has 4 rings (SSSR count). The minimum Gasteiger partial charge on any atom is -0.438 e. The van der Waals surface area contributed by atoms with Gasteiger partial charge in [0.25, 0.3) is 0 Å². The van der Waals surface area contributed by atoms with Gasteiger partial charge < -0.3 is 15.0 Å². The molecule has 8 nitrogen and oxygen atoms in total. The molecule has 0 unspecified atom stereocenters. The topological polar surface area (TPSA) is 85.2 Å². The molecule has 2 heterocycles. The van der Waals surface area contributed by atoms with Crippen molar-refractivity contribution < 1.29 is 9.53 Å². The van der Waals surface area contributed by atoms with Gasteiger partial charge in [-0.05, 0) is 48.5 Å². The lowest BCUT2D eigenvalue weighted by Gasteiger charge is -2.13. The van der Waals surface area contributed by atoms with Crippen LogP contribution in [0.2, 0.25) is 0 Å². The molecule has 0 radical (unpaired) electrons. The van der Waals surface area contributed by atoms with Crippen molar-refractivity contribution in [2.24, 2.45) is 7.05 Å². The van der Waals surface area contributed by atoms with E-state index >= 15 is 0 Å². The van der Waals surface area contributed by atoms with Gasteiger partial charge in [-0.3, -0.25) is 9.48 Å². The quantitative estimate of drug-likeness (QED) is 0.546. The van der Waals surface area contributed by atoms with Crippen LogP contribution in [-0.4, -0.2) is 39.8 Å². The van der Waals surface area contributed by atoms with Crippen LogP contribution >= 0.6 is 0 Å². The Labute approximate surface area is 174 Å². The van der Waals surface area contributed by atoms with E-state index in [9.17, 15) is 4.79 Å². The second-order valence-corrected chi connectivity index (χ2v) is 7.11. The Balaban J connectivity index is 1.71.